The molecular weight excluding hydrogens is 220 g/mol. The minimum atomic E-state index is 0.0614. The van der Waals surface area contributed by atoms with Crippen LogP contribution in [0.25, 0.3) is 0 Å². The van der Waals surface area contributed by atoms with Crippen molar-refractivity contribution in [2.45, 2.75) is 37.4 Å². The molecule has 88 valence electrons. The van der Waals surface area contributed by atoms with E-state index in [4.69, 9.17) is 5.26 Å². The second kappa shape index (κ2) is 5.58. The van der Waals surface area contributed by atoms with Crippen LogP contribution in [-0.4, -0.2) is 34.9 Å². The Balaban J connectivity index is 1.90. The Hall–Kier alpha value is -0.690. The van der Waals surface area contributed by atoms with Crippen molar-refractivity contribution in [3.8, 4) is 6.07 Å². The number of piperidine rings is 1. The molecule has 3 nitrogen and oxygen atoms in total. The van der Waals surface area contributed by atoms with Gasteiger partial charge in [-0.05, 0) is 31.4 Å². The zero-order chi connectivity index (χ0) is 11.4. The molecule has 0 aromatic carbocycles. The third kappa shape index (κ3) is 2.70. The van der Waals surface area contributed by atoms with Gasteiger partial charge in [-0.25, -0.2) is 0 Å². The lowest BCUT2D eigenvalue weighted by atomic mass is 9.99. The maximum Gasteiger partial charge on any atom is 0.235 e. The van der Waals surface area contributed by atoms with Crippen LogP contribution in [0.5, 0.6) is 0 Å². The van der Waals surface area contributed by atoms with Crippen LogP contribution in [0.1, 0.15) is 32.1 Å². The van der Waals surface area contributed by atoms with Crippen molar-refractivity contribution in [3.05, 3.63) is 0 Å². The van der Waals surface area contributed by atoms with Gasteiger partial charge in [0.05, 0.1) is 17.2 Å². The van der Waals surface area contributed by atoms with Crippen LogP contribution in [0, 0.1) is 17.2 Å². The van der Waals surface area contributed by atoms with Gasteiger partial charge in [0, 0.05) is 13.1 Å². The highest BCUT2D eigenvalue weighted by atomic mass is 32.2. The Bertz CT molecular complexity index is 294. The van der Waals surface area contributed by atoms with Crippen molar-refractivity contribution >= 4 is 17.7 Å². The van der Waals surface area contributed by atoms with Crippen LogP contribution in [0.4, 0.5) is 0 Å². The molecule has 4 heteroatoms. The van der Waals surface area contributed by atoms with Gasteiger partial charge < -0.3 is 4.90 Å². The summed E-state index contributed by atoms with van der Waals surface area (Å²) in [7, 11) is 0. The minimum absolute atomic E-state index is 0.0614. The van der Waals surface area contributed by atoms with Crippen molar-refractivity contribution in [2.24, 2.45) is 5.92 Å². The number of hydrogen-bond acceptors (Lipinski definition) is 3. The summed E-state index contributed by atoms with van der Waals surface area (Å²) in [5.41, 5.74) is 0. The van der Waals surface area contributed by atoms with E-state index in [1.807, 2.05) is 4.90 Å². The monoisotopic (exact) mass is 238 g/mol. The van der Waals surface area contributed by atoms with E-state index in [-0.39, 0.29) is 17.1 Å². The third-order valence-corrected chi connectivity index (χ3v) is 4.73. The van der Waals surface area contributed by atoms with Gasteiger partial charge >= 0.3 is 0 Å². The molecule has 2 fully saturated rings. The molecule has 0 aromatic rings. The summed E-state index contributed by atoms with van der Waals surface area (Å²) in [4.78, 5) is 14.1. The van der Waals surface area contributed by atoms with Crippen molar-refractivity contribution in [1.29, 1.82) is 5.26 Å². The molecule has 2 heterocycles. The van der Waals surface area contributed by atoms with Crippen LogP contribution in [-0.2, 0) is 4.79 Å². The number of thioether (sulfide) groups is 1. The summed E-state index contributed by atoms with van der Waals surface area (Å²) < 4.78 is 0. The van der Waals surface area contributed by atoms with E-state index in [0.29, 0.717) is 6.54 Å². The molecule has 0 radical (unpaired) electrons. The van der Waals surface area contributed by atoms with E-state index >= 15 is 0 Å². The molecule has 0 spiro atoms. The lowest BCUT2D eigenvalue weighted by Crippen LogP contribution is -2.44. The average molecular weight is 238 g/mol. The first-order valence-corrected chi connectivity index (χ1v) is 7.16. The highest BCUT2D eigenvalue weighted by molar-refractivity contribution is 8.00. The van der Waals surface area contributed by atoms with Gasteiger partial charge in [-0.1, -0.05) is 6.42 Å². The molecule has 2 aliphatic rings. The van der Waals surface area contributed by atoms with Gasteiger partial charge in [-0.3, -0.25) is 4.79 Å². The average Bonchev–Trinajstić information content (AvgIpc) is 2.39. The van der Waals surface area contributed by atoms with Crippen molar-refractivity contribution in [1.82, 2.24) is 4.90 Å². The number of nitriles is 1. The molecule has 2 rings (SSSR count). The van der Waals surface area contributed by atoms with E-state index in [2.05, 4.69) is 6.07 Å². The third-order valence-electron chi connectivity index (χ3n) is 3.37. The zero-order valence-electron chi connectivity index (χ0n) is 9.52. The summed E-state index contributed by atoms with van der Waals surface area (Å²) in [6.45, 7) is 1.51. The molecule has 2 saturated heterocycles. The van der Waals surface area contributed by atoms with Crippen LogP contribution in [0.15, 0.2) is 0 Å². The predicted octanol–water partition coefficient (Wildman–Crippen LogP) is 2.03. The smallest absolute Gasteiger partial charge is 0.235 e. The second-order valence-electron chi connectivity index (χ2n) is 4.61. The molecule has 2 atom stereocenters. The molecule has 1 amide bonds. The lowest BCUT2D eigenvalue weighted by Gasteiger charge is -2.33. The first kappa shape index (κ1) is 11.8. The van der Waals surface area contributed by atoms with E-state index in [9.17, 15) is 4.79 Å². The predicted molar refractivity (Wildman–Crippen MR) is 65.0 cm³/mol. The van der Waals surface area contributed by atoms with E-state index in [1.165, 1.54) is 12.8 Å². The zero-order valence-corrected chi connectivity index (χ0v) is 10.3. The first-order chi connectivity index (χ1) is 7.81. The summed E-state index contributed by atoms with van der Waals surface area (Å²) in [6, 6.07) is 2.29. The van der Waals surface area contributed by atoms with Gasteiger partial charge in [0.2, 0.25) is 5.91 Å². The topological polar surface area (TPSA) is 44.1 Å². The number of rotatable bonds is 1. The molecule has 0 aromatic heterocycles. The number of hydrogen-bond donors (Lipinski definition) is 0. The molecule has 0 bridgehead atoms. The van der Waals surface area contributed by atoms with Crippen molar-refractivity contribution in [3.63, 3.8) is 0 Å². The number of carbonyl (C=O) groups excluding carboxylic acids is 1. The maximum absolute atomic E-state index is 12.2. The van der Waals surface area contributed by atoms with Crippen LogP contribution in [0.3, 0.4) is 0 Å². The molecule has 0 N–H and O–H groups in total. The van der Waals surface area contributed by atoms with Crippen LogP contribution < -0.4 is 0 Å². The van der Waals surface area contributed by atoms with Crippen LogP contribution >= 0.6 is 11.8 Å². The standard InChI is InChI=1S/C12H18N2OS/c13-8-10-4-3-6-14(9-10)12(15)11-5-1-2-7-16-11/h10-11H,1-7,9H2. The van der Waals surface area contributed by atoms with Gasteiger partial charge in [0.1, 0.15) is 0 Å². The largest absolute Gasteiger partial charge is 0.340 e. The molecular formula is C12H18N2OS. The van der Waals surface area contributed by atoms with Gasteiger partial charge in [0.25, 0.3) is 0 Å². The fraction of sp³-hybridized carbons (Fsp3) is 0.833. The van der Waals surface area contributed by atoms with Gasteiger partial charge in [-0.2, -0.15) is 5.26 Å². The minimum Gasteiger partial charge on any atom is -0.340 e. The second-order valence-corrected chi connectivity index (χ2v) is 5.92. The number of carbonyl (C=O) groups is 1. The summed E-state index contributed by atoms with van der Waals surface area (Å²) in [5.74, 6) is 1.46. The highest BCUT2D eigenvalue weighted by Crippen LogP contribution is 2.28. The summed E-state index contributed by atoms with van der Waals surface area (Å²) in [5, 5.41) is 9.08. The van der Waals surface area contributed by atoms with E-state index in [1.54, 1.807) is 11.8 Å². The van der Waals surface area contributed by atoms with Gasteiger partial charge in [0.15, 0.2) is 0 Å². The lowest BCUT2D eigenvalue weighted by molar-refractivity contribution is -0.132. The molecule has 0 aliphatic carbocycles. The Morgan fingerprint density at radius 1 is 1.31 bits per heavy atom. The quantitative estimate of drug-likeness (QED) is 0.702. The SMILES string of the molecule is N#CC1CCCN(C(=O)C2CCCCS2)C1. The van der Waals surface area contributed by atoms with E-state index in [0.717, 1.165) is 31.6 Å². The molecule has 0 saturated carbocycles. The van der Waals surface area contributed by atoms with Crippen molar-refractivity contribution < 1.29 is 4.79 Å². The Kier molecular flexibility index (Phi) is 4.11. The summed E-state index contributed by atoms with van der Waals surface area (Å²) in [6.07, 6.45) is 5.39. The Morgan fingerprint density at radius 2 is 2.19 bits per heavy atom. The van der Waals surface area contributed by atoms with Crippen molar-refractivity contribution in [2.75, 3.05) is 18.8 Å². The number of likely N-dealkylation sites (tertiary alicyclic amines) is 1. The van der Waals surface area contributed by atoms with Crippen LogP contribution in [0.2, 0.25) is 0 Å². The van der Waals surface area contributed by atoms with E-state index < -0.39 is 0 Å². The summed E-state index contributed by atoms with van der Waals surface area (Å²) >= 11 is 1.80. The fourth-order valence-corrected chi connectivity index (χ4v) is 3.70. The fourth-order valence-electron chi connectivity index (χ4n) is 2.42. The molecule has 2 unspecified atom stereocenters. The maximum atomic E-state index is 12.2. The highest BCUT2D eigenvalue weighted by Gasteiger charge is 2.29. The molecule has 2 aliphatic heterocycles. The van der Waals surface area contributed by atoms with Gasteiger partial charge in [-0.15, -0.1) is 11.8 Å². The number of nitrogens with zero attached hydrogens (tertiary/aromatic N) is 2. The Labute approximate surface area is 101 Å². The number of amides is 1. The Morgan fingerprint density at radius 3 is 2.88 bits per heavy atom. The normalized spacial score (nSPS) is 30.8. The first-order valence-electron chi connectivity index (χ1n) is 6.11. The molecule has 16 heavy (non-hydrogen) atoms.